The second-order valence-corrected chi connectivity index (χ2v) is 5.00. The second-order valence-electron chi connectivity index (χ2n) is 5.00. The van der Waals surface area contributed by atoms with Crippen molar-refractivity contribution < 1.29 is 4.74 Å². The molecule has 18 heavy (non-hydrogen) atoms. The van der Waals surface area contributed by atoms with Crippen molar-refractivity contribution in [2.45, 2.75) is 31.4 Å². The van der Waals surface area contributed by atoms with Crippen LogP contribution in [-0.2, 0) is 18.2 Å². The number of imidazole rings is 1. The third-order valence-corrected chi connectivity index (χ3v) is 3.74. The van der Waals surface area contributed by atoms with E-state index in [-0.39, 0.29) is 12.1 Å². The maximum absolute atomic E-state index is 6.22. The minimum absolute atomic E-state index is 0.0445. The summed E-state index contributed by atoms with van der Waals surface area (Å²) in [6.45, 7) is 0.848. The molecular weight excluding hydrogens is 226 g/mol. The lowest BCUT2D eigenvalue weighted by Crippen LogP contribution is -2.36. The topological polar surface area (TPSA) is 53.1 Å². The first kappa shape index (κ1) is 11.7. The maximum Gasteiger partial charge on any atom is 0.111 e. The largest absolute Gasteiger partial charge is 0.377 e. The fourth-order valence-electron chi connectivity index (χ4n) is 2.66. The van der Waals surface area contributed by atoms with E-state index in [1.54, 1.807) is 0 Å². The summed E-state index contributed by atoms with van der Waals surface area (Å²) in [6.07, 6.45) is 3.17. The van der Waals surface area contributed by atoms with Crippen molar-refractivity contribution in [1.82, 2.24) is 9.55 Å². The number of rotatable bonds is 3. The molecule has 2 atom stereocenters. The van der Waals surface area contributed by atoms with Crippen LogP contribution in [0.15, 0.2) is 24.3 Å². The summed E-state index contributed by atoms with van der Waals surface area (Å²) in [5.41, 5.74) is 8.42. The van der Waals surface area contributed by atoms with E-state index in [0.29, 0.717) is 0 Å². The quantitative estimate of drug-likeness (QED) is 0.894. The van der Waals surface area contributed by atoms with E-state index in [1.165, 1.54) is 0 Å². The summed E-state index contributed by atoms with van der Waals surface area (Å²) in [5.74, 6) is 1.04. The number of aromatic nitrogens is 2. The first-order valence-corrected chi connectivity index (χ1v) is 6.53. The Balaban J connectivity index is 1.83. The van der Waals surface area contributed by atoms with Gasteiger partial charge in [0.2, 0.25) is 0 Å². The zero-order valence-corrected chi connectivity index (χ0v) is 10.7. The molecule has 1 saturated heterocycles. The zero-order chi connectivity index (χ0) is 12.5. The number of benzene rings is 1. The molecule has 1 fully saturated rings. The molecule has 1 aromatic carbocycles. The van der Waals surface area contributed by atoms with Gasteiger partial charge in [-0.25, -0.2) is 4.98 Å². The van der Waals surface area contributed by atoms with Crippen LogP contribution in [-0.4, -0.2) is 28.3 Å². The fraction of sp³-hybridized carbons (Fsp3) is 0.500. The summed E-state index contributed by atoms with van der Waals surface area (Å²) < 4.78 is 7.77. The normalized spacial score (nSPS) is 21.6. The number of hydrogen-bond acceptors (Lipinski definition) is 3. The highest BCUT2D eigenvalue weighted by atomic mass is 16.5. The van der Waals surface area contributed by atoms with Crippen LogP contribution in [0.4, 0.5) is 0 Å². The van der Waals surface area contributed by atoms with Gasteiger partial charge in [-0.2, -0.15) is 0 Å². The molecule has 0 saturated carbocycles. The minimum Gasteiger partial charge on any atom is -0.377 e. The van der Waals surface area contributed by atoms with Crippen molar-refractivity contribution in [3.8, 4) is 0 Å². The molecule has 0 amide bonds. The predicted molar refractivity (Wildman–Crippen MR) is 71.4 cm³/mol. The van der Waals surface area contributed by atoms with Gasteiger partial charge in [0.1, 0.15) is 5.82 Å². The van der Waals surface area contributed by atoms with Crippen LogP contribution >= 0.6 is 0 Å². The fourth-order valence-corrected chi connectivity index (χ4v) is 2.66. The summed E-state index contributed by atoms with van der Waals surface area (Å²) >= 11 is 0. The number of ether oxygens (including phenoxy) is 1. The van der Waals surface area contributed by atoms with Crippen LogP contribution in [0.2, 0.25) is 0 Å². The molecular formula is C14H19N3O. The lowest BCUT2D eigenvalue weighted by Gasteiger charge is -2.17. The van der Waals surface area contributed by atoms with Gasteiger partial charge >= 0.3 is 0 Å². The van der Waals surface area contributed by atoms with Gasteiger partial charge in [-0.15, -0.1) is 0 Å². The van der Waals surface area contributed by atoms with Gasteiger partial charge in [0.05, 0.1) is 17.1 Å². The van der Waals surface area contributed by atoms with E-state index in [0.717, 1.165) is 42.7 Å². The van der Waals surface area contributed by atoms with Crippen molar-refractivity contribution >= 4 is 11.0 Å². The summed E-state index contributed by atoms with van der Waals surface area (Å²) in [4.78, 5) is 4.65. The van der Waals surface area contributed by atoms with Crippen LogP contribution in [0.1, 0.15) is 18.7 Å². The van der Waals surface area contributed by atoms with E-state index < -0.39 is 0 Å². The molecule has 3 rings (SSSR count). The molecule has 1 aliphatic rings. The lowest BCUT2D eigenvalue weighted by molar-refractivity contribution is 0.0893. The molecule has 1 aromatic heterocycles. The van der Waals surface area contributed by atoms with Gasteiger partial charge in [-0.3, -0.25) is 0 Å². The minimum atomic E-state index is 0.0445. The first-order valence-electron chi connectivity index (χ1n) is 6.53. The Morgan fingerprint density at radius 1 is 1.50 bits per heavy atom. The molecule has 1 aliphatic heterocycles. The Kier molecular flexibility index (Phi) is 3.06. The van der Waals surface area contributed by atoms with Gasteiger partial charge < -0.3 is 15.0 Å². The Morgan fingerprint density at radius 2 is 2.33 bits per heavy atom. The molecule has 4 heteroatoms. The number of nitrogens with two attached hydrogens (primary N) is 1. The molecule has 0 spiro atoms. The molecule has 0 aliphatic carbocycles. The monoisotopic (exact) mass is 245 g/mol. The van der Waals surface area contributed by atoms with Gasteiger partial charge in [0.15, 0.2) is 0 Å². The predicted octanol–water partition coefficient (Wildman–Crippen LogP) is 1.62. The second kappa shape index (κ2) is 4.71. The number of nitrogens with zero attached hydrogens (tertiary/aromatic N) is 2. The molecule has 2 heterocycles. The first-order chi connectivity index (χ1) is 8.75. The molecule has 2 N–H and O–H groups in total. The van der Waals surface area contributed by atoms with E-state index in [4.69, 9.17) is 10.5 Å². The molecule has 2 unspecified atom stereocenters. The zero-order valence-electron chi connectivity index (χ0n) is 10.7. The van der Waals surface area contributed by atoms with E-state index >= 15 is 0 Å². The smallest absolute Gasteiger partial charge is 0.111 e. The summed E-state index contributed by atoms with van der Waals surface area (Å²) in [5, 5.41) is 0. The van der Waals surface area contributed by atoms with Crippen LogP contribution in [0.3, 0.4) is 0 Å². The third-order valence-electron chi connectivity index (χ3n) is 3.74. The van der Waals surface area contributed by atoms with E-state index in [1.807, 2.05) is 25.2 Å². The van der Waals surface area contributed by atoms with Crippen LogP contribution in [0.5, 0.6) is 0 Å². The van der Waals surface area contributed by atoms with Crippen LogP contribution in [0, 0.1) is 0 Å². The summed E-state index contributed by atoms with van der Waals surface area (Å²) in [7, 11) is 2.05. The van der Waals surface area contributed by atoms with Gasteiger partial charge in [-0.05, 0) is 25.0 Å². The highest BCUT2D eigenvalue weighted by Gasteiger charge is 2.24. The van der Waals surface area contributed by atoms with Crippen molar-refractivity contribution in [3.05, 3.63) is 30.1 Å². The van der Waals surface area contributed by atoms with Crippen molar-refractivity contribution in [3.63, 3.8) is 0 Å². The van der Waals surface area contributed by atoms with E-state index in [2.05, 4.69) is 15.6 Å². The highest BCUT2D eigenvalue weighted by molar-refractivity contribution is 5.75. The summed E-state index contributed by atoms with van der Waals surface area (Å²) in [6, 6.07) is 8.22. The molecule has 0 radical (unpaired) electrons. The lowest BCUT2D eigenvalue weighted by atomic mass is 10.1. The molecule has 4 nitrogen and oxygen atoms in total. The average molecular weight is 245 g/mol. The van der Waals surface area contributed by atoms with E-state index in [9.17, 15) is 0 Å². The standard InChI is InChI=1S/C14H19N3O/c1-17-12-6-3-2-5-11(12)16-14(17)9-10(15)13-7-4-8-18-13/h2-3,5-6,10,13H,4,7-9,15H2,1H3. The van der Waals surface area contributed by atoms with Crippen molar-refractivity contribution in [2.24, 2.45) is 12.8 Å². The van der Waals surface area contributed by atoms with Gasteiger partial charge in [0, 0.05) is 26.1 Å². The van der Waals surface area contributed by atoms with Crippen LogP contribution < -0.4 is 5.73 Å². The van der Waals surface area contributed by atoms with Crippen molar-refractivity contribution in [1.29, 1.82) is 0 Å². The SMILES string of the molecule is Cn1c(CC(N)C2CCCO2)nc2ccccc21. The number of aryl methyl sites for hydroxylation is 1. The Hall–Kier alpha value is -1.39. The van der Waals surface area contributed by atoms with Gasteiger partial charge in [-0.1, -0.05) is 12.1 Å². The number of fused-ring (bicyclic) bond motifs is 1. The Morgan fingerprint density at radius 3 is 3.06 bits per heavy atom. The van der Waals surface area contributed by atoms with Gasteiger partial charge in [0.25, 0.3) is 0 Å². The van der Waals surface area contributed by atoms with Crippen LogP contribution in [0.25, 0.3) is 11.0 Å². The highest BCUT2D eigenvalue weighted by Crippen LogP contribution is 2.19. The Bertz CT molecular complexity index is 543. The molecule has 0 bridgehead atoms. The number of para-hydroxylation sites is 2. The maximum atomic E-state index is 6.22. The van der Waals surface area contributed by atoms with Crippen molar-refractivity contribution in [2.75, 3.05) is 6.61 Å². The Labute approximate surface area is 107 Å². The average Bonchev–Trinajstić information content (AvgIpc) is 3.00. The number of hydrogen-bond donors (Lipinski definition) is 1. The molecule has 2 aromatic rings. The molecule has 96 valence electrons. The third kappa shape index (κ3) is 2.02.